The summed E-state index contributed by atoms with van der Waals surface area (Å²) in [6.45, 7) is -0.256. The predicted molar refractivity (Wildman–Crippen MR) is 136 cm³/mol. The standard InChI is InChI=1S/C29H29F5N2O4/c1-39-28(38)16-10-23(30)26(24(31)11-16)36-17-8-9-18(36)13-19(12-17)40-14-21(27(37)15-6-7-15)25(35)20-4-2-3-5-22(20)29(32,33)34/h2-5,10-11,15,17-19H,6-9,12-14,35H2,1H3/t17-,18?,19?/m0/s1. The summed E-state index contributed by atoms with van der Waals surface area (Å²) in [6, 6.07) is 6.25. The van der Waals surface area contributed by atoms with Crippen molar-refractivity contribution in [2.75, 3.05) is 18.6 Å². The van der Waals surface area contributed by atoms with E-state index in [9.17, 15) is 31.5 Å². The van der Waals surface area contributed by atoms with Crippen molar-refractivity contribution in [2.24, 2.45) is 11.7 Å². The monoisotopic (exact) mass is 564 g/mol. The number of nitrogens with two attached hydrogens (primary N) is 1. The highest BCUT2D eigenvalue weighted by Crippen LogP contribution is 2.43. The molecule has 0 radical (unpaired) electrons. The zero-order chi connectivity index (χ0) is 28.8. The van der Waals surface area contributed by atoms with Gasteiger partial charge in [0.25, 0.3) is 0 Å². The van der Waals surface area contributed by atoms with Crippen molar-refractivity contribution < 1.29 is 41.0 Å². The van der Waals surface area contributed by atoms with Gasteiger partial charge in [0.2, 0.25) is 0 Å². The van der Waals surface area contributed by atoms with E-state index in [1.807, 2.05) is 0 Å². The SMILES string of the molecule is COC(=O)c1cc(F)c(N2C3CC[C@H]2CC(OCC(C(=O)C2CC2)=C(N)c2ccccc2C(F)(F)F)C3)c(F)c1. The Hall–Kier alpha value is -3.47. The van der Waals surface area contributed by atoms with Crippen LogP contribution in [0.2, 0.25) is 0 Å². The number of halogens is 5. The molecule has 2 aromatic rings. The van der Waals surface area contributed by atoms with Crippen LogP contribution < -0.4 is 10.6 Å². The van der Waals surface area contributed by atoms with Gasteiger partial charge in [-0.3, -0.25) is 4.79 Å². The Labute approximate surface area is 227 Å². The van der Waals surface area contributed by atoms with Crippen LogP contribution >= 0.6 is 0 Å². The second kappa shape index (κ2) is 10.8. The number of hydrogen-bond acceptors (Lipinski definition) is 6. The molecule has 1 aliphatic carbocycles. The van der Waals surface area contributed by atoms with Crippen molar-refractivity contribution >= 4 is 23.1 Å². The Balaban J connectivity index is 1.35. The fraction of sp³-hybridized carbons (Fsp3) is 0.448. The first-order valence-electron chi connectivity index (χ1n) is 13.2. The number of carbonyl (C=O) groups is 2. The second-order valence-electron chi connectivity index (χ2n) is 10.6. The van der Waals surface area contributed by atoms with Gasteiger partial charge in [-0.15, -0.1) is 0 Å². The first kappa shape index (κ1) is 28.1. The van der Waals surface area contributed by atoms with Gasteiger partial charge in [-0.2, -0.15) is 13.2 Å². The third-order valence-corrected chi connectivity index (χ3v) is 7.94. The maximum Gasteiger partial charge on any atom is 0.417 e. The van der Waals surface area contributed by atoms with E-state index < -0.39 is 29.3 Å². The molecule has 6 nitrogen and oxygen atoms in total. The van der Waals surface area contributed by atoms with Gasteiger partial charge in [-0.25, -0.2) is 13.6 Å². The van der Waals surface area contributed by atoms with Gasteiger partial charge in [-0.05, 0) is 56.7 Å². The lowest BCUT2D eigenvalue weighted by Crippen LogP contribution is -2.46. The quantitative estimate of drug-likeness (QED) is 0.254. The van der Waals surface area contributed by atoms with Crippen molar-refractivity contribution in [1.82, 2.24) is 0 Å². The van der Waals surface area contributed by atoms with E-state index in [1.165, 1.54) is 18.2 Å². The molecule has 11 heteroatoms. The lowest BCUT2D eigenvalue weighted by Gasteiger charge is -2.40. The molecule has 2 saturated heterocycles. The van der Waals surface area contributed by atoms with Gasteiger partial charge in [0.1, 0.15) is 17.3 Å². The van der Waals surface area contributed by atoms with Gasteiger partial charge < -0.3 is 20.1 Å². The molecule has 40 heavy (non-hydrogen) atoms. The maximum atomic E-state index is 15.0. The highest BCUT2D eigenvalue weighted by atomic mass is 19.4. The van der Waals surface area contributed by atoms with E-state index in [4.69, 9.17) is 10.5 Å². The number of carbonyl (C=O) groups excluding carboxylic acids is 2. The molecule has 0 spiro atoms. The molecule has 2 aliphatic heterocycles. The number of ether oxygens (including phenoxy) is 2. The molecule has 2 aromatic carbocycles. The van der Waals surface area contributed by atoms with Crippen LogP contribution in [0.3, 0.4) is 0 Å². The molecule has 214 valence electrons. The number of rotatable bonds is 8. The number of Topliss-reactive ketones (excluding diaryl/α,β-unsaturated/α-hetero) is 1. The summed E-state index contributed by atoms with van der Waals surface area (Å²) in [4.78, 5) is 26.5. The minimum atomic E-state index is -4.65. The van der Waals surface area contributed by atoms with Gasteiger partial charge in [0, 0.05) is 34.8 Å². The average Bonchev–Trinajstić information content (AvgIpc) is 3.73. The Bertz CT molecular complexity index is 1320. The topological polar surface area (TPSA) is 81.9 Å². The molecule has 3 fully saturated rings. The lowest BCUT2D eigenvalue weighted by molar-refractivity contribution is -0.137. The minimum Gasteiger partial charge on any atom is -0.465 e. The average molecular weight is 565 g/mol. The molecule has 3 aliphatic rings. The van der Waals surface area contributed by atoms with E-state index in [2.05, 4.69) is 4.74 Å². The van der Waals surface area contributed by atoms with Gasteiger partial charge >= 0.3 is 12.1 Å². The van der Waals surface area contributed by atoms with E-state index in [0.717, 1.165) is 25.3 Å². The normalized spacial score (nSPS) is 23.1. The first-order chi connectivity index (χ1) is 19.0. The Morgan fingerprint density at radius 2 is 1.60 bits per heavy atom. The minimum absolute atomic E-state index is 0.0180. The highest BCUT2D eigenvalue weighted by molar-refractivity contribution is 6.05. The van der Waals surface area contributed by atoms with Gasteiger partial charge in [0.15, 0.2) is 5.78 Å². The largest absolute Gasteiger partial charge is 0.465 e. The Morgan fingerprint density at radius 3 is 2.15 bits per heavy atom. The molecule has 0 aromatic heterocycles. The summed E-state index contributed by atoms with van der Waals surface area (Å²) in [5, 5.41) is 0. The smallest absolute Gasteiger partial charge is 0.417 e. The van der Waals surface area contributed by atoms with Crippen LogP contribution in [0.4, 0.5) is 27.6 Å². The molecule has 0 amide bonds. The van der Waals surface area contributed by atoms with Crippen molar-refractivity contribution in [2.45, 2.75) is 62.9 Å². The van der Waals surface area contributed by atoms with Crippen LogP contribution in [0.25, 0.3) is 5.70 Å². The number of esters is 1. The first-order valence-corrected chi connectivity index (χ1v) is 13.2. The van der Waals surface area contributed by atoms with Crippen molar-refractivity contribution in [1.29, 1.82) is 0 Å². The summed E-state index contributed by atoms with van der Waals surface area (Å²) >= 11 is 0. The number of ketones is 1. The summed E-state index contributed by atoms with van der Waals surface area (Å²) in [5.74, 6) is -3.18. The third kappa shape index (κ3) is 5.43. The van der Waals surface area contributed by atoms with Crippen molar-refractivity contribution in [3.63, 3.8) is 0 Å². The fourth-order valence-corrected chi connectivity index (χ4v) is 5.88. The van der Waals surface area contributed by atoms with Crippen LogP contribution in [0.15, 0.2) is 42.0 Å². The number of nitrogens with zero attached hydrogens (tertiary/aromatic N) is 1. The van der Waals surface area contributed by atoms with E-state index >= 15 is 0 Å². The molecule has 1 saturated carbocycles. The van der Waals surface area contributed by atoms with E-state index in [-0.39, 0.29) is 64.6 Å². The van der Waals surface area contributed by atoms with Crippen LogP contribution in [0.1, 0.15) is 60.0 Å². The zero-order valence-corrected chi connectivity index (χ0v) is 21.8. The van der Waals surface area contributed by atoms with E-state index in [1.54, 1.807) is 4.90 Å². The molecule has 2 unspecified atom stereocenters. The van der Waals surface area contributed by atoms with Crippen LogP contribution in [0.5, 0.6) is 0 Å². The third-order valence-electron chi connectivity index (χ3n) is 7.94. The number of methoxy groups -OCH3 is 1. The molecular weight excluding hydrogens is 535 g/mol. The summed E-state index contributed by atoms with van der Waals surface area (Å²) in [5.41, 5.74) is 4.35. The summed E-state index contributed by atoms with van der Waals surface area (Å²) in [7, 11) is 1.12. The van der Waals surface area contributed by atoms with Crippen molar-refractivity contribution in [3.8, 4) is 0 Å². The number of hydrogen-bond donors (Lipinski definition) is 1. The Morgan fingerprint density at radius 1 is 1.00 bits per heavy atom. The molecule has 2 heterocycles. The van der Waals surface area contributed by atoms with Gasteiger partial charge in [0.05, 0.1) is 30.9 Å². The summed E-state index contributed by atoms with van der Waals surface area (Å²) in [6.07, 6.45) is -1.63. The Kier molecular flexibility index (Phi) is 7.60. The van der Waals surface area contributed by atoms with E-state index in [0.29, 0.717) is 38.5 Å². The number of piperidine rings is 1. The molecule has 5 rings (SSSR count). The van der Waals surface area contributed by atoms with Crippen molar-refractivity contribution in [3.05, 3.63) is 70.3 Å². The predicted octanol–water partition coefficient (Wildman–Crippen LogP) is 5.64. The number of alkyl halides is 3. The zero-order valence-electron chi connectivity index (χ0n) is 21.8. The van der Waals surface area contributed by atoms with Crippen LogP contribution in [-0.4, -0.2) is 43.7 Å². The second-order valence-corrected chi connectivity index (χ2v) is 10.6. The summed E-state index contributed by atoms with van der Waals surface area (Å²) < 4.78 is 81.6. The number of anilines is 1. The van der Waals surface area contributed by atoms with Crippen LogP contribution in [-0.2, 0) is 20.4 Å². The number of benzene rings is 2. The van der Waals surface area contributed by atoms with Crippen LogP contribution in [0, 0.1) is 17.6 Å². The molecule has 2 bridgehead atoms. The molecular formula is C29H29F5N2O4. The molecule has 2 N–H and O–H groups in total. The number of fused-ring (bicyclic) bond motifs is 2. The lowest BCUT2D eigenvalue weighted by atomic mass is 9.96. The highest BCUT2D eigenvalue weighted by Gasteiger charge is 2.44. The maximum absolute atomic E-state index is 15.0. The van der Waals surface area contributed by atoms with Gasteiger partial charge in [-0.1, -0.05) is 18.2 Å². The molecule has 3 atom stereocenters. The fourth-order valence-electron chi connectivity index (χ4n) is 5.88.